The van der Waals surface area contributed by atoms with E-state index in [0.29, 0.717) is 12.6 Å². The molecule has 0 spiro atoms. The molecule has 1 fully saturated rings. The van der Waals surface area contributed by atoms with Gasteiger partial charge in [-0.3, -0.25) is 9.69 Å². The quantitative estimate of drug-likeness (QED) is 0.914. The van der Waals surface area contributed by atoms with E-state index >= 15 is 0 Å². The lowest BCUT2D eigenvalue weighted by atomic mass is 10.1. The largest absolute Gasteiger partial charge is 0.350 e. The van der Waals surface area contributed by atoms with Crippen LogP contribution < -0.4 is 5.32 Å². The lowest BCUT2D eigenvalue weighted by molar-refractivity contribution is 0.0937. The van der Waals surface area contributed by atoms with Crippen LogP contribution in [0.2, 0.25) is 0 Å². The Labute approximate surface area is 136 Å². The average molecular weight is 314 g/mol. The molecule has 1 saturated heterocycles. The Bertz CT molecular complexity index is 618. The fraction of sp³-hybridized carbons (Fsp3) is 0.389. The van der Waals surface area contributed by atoms with Gasteiger partial charge in [-0.15, -0.1) is 0 Å². The van der Waals surface area contributed by atoms with Crippen LogP contribution >= 0.6 is 11.3 Å². The summed E-state index contributed by atoms with van der Waals surface area (Å²) in [6.45, 7) is 4.90. The summed E-state index contributed by atoms with van der Waals surface area (Å²) >= 11 is 1.72. The number of likely N-dealkylation sites (tertiary alicyclic amines) is 1. The van der Waals surface area contributed by atoms with E-state index in [-0.39, 0.29) is 5.91 Å². The Hall–Kier alpha value is -1.65. The highest BCUT2D eigenvalue weighted by molar-refractivity contribution is 7.07. The normalized spacial score (nSPS) is 16.6. The molecule has 2 aromatic rings. The van der Waals surface area contributed by atoms with Crippen LogP contribution in [-0.2, 0) is 0 Å². The van der Waals surface area contributed by atoms with Gasteiger partial charge in [0.05, 0.1) is 6.04 Å². The Morgan fingerprint density at radius 3 is 2.73 bits per heavy atom. The van der Waals surface area contributed by atoms with Gasteiger partial charge in [-0.2, -0.15) is 11.3 Å². The topological polar surface area (TPSA) is 32.3 Å². The molecular weight excluding hydrogens is 292 g/mol. The third-order valence-electron chi connectivity index (χ3n) is 4.36. The van der Waals surface area contributed by atoms with Gasteiger partial charge in [0, 0.05) is 12.1 Å². The zero-order chi connectivity index (χ0) is 15.4. The highest BCUT2D eigenvalue weighted by Crippen LogP contribution is 2.26. The first-order chi connectivity index (χ1) is 10.8. The molecule has 0 saturated carbocycles. The Morgan fingerprint density at radius 2 is 2.05 bits per heavy atom. The molecule has 116 valence electrons. The van der Waals surface area contributed by atoms with Gasteiger partial charge < -0.3 is 5.32 Å². The zero-order valence-electron chi connectivity index (χ0n) is 12.9. The molecule has 0 radical (unpaired) electrons. The number of nitrogens with one attached hydrogen (secondary N) is 1. The van der Waals surface area contributed by atoms with Crippen LogP contribution in [0.25, 0.3) is 0 Å². The van der Waals surface area contributed by atoms with Gasteiger partial charge in [0.25, 0.3) is 5.91 Å². The maximum absolute atomic E-state index is 12.4. The second-order valence-electron chi connectivity index (χ2n) is 5.84. The van der Waals surface area contributed by atoms with Crippen molar-refractivity contribution in [1.82, 2.24) is 10.2 Å². The van der Waals surface area contributed by atoms with Crippen molar-refractivity contribution in [3.63, 3.8) is 0 Å². The lowest BCUT2D eigenvalue weighted by Gasteiger charge is -2.27. The van der Waals surface area contributed by atoms with Crippen LogP contribution in [0.3, 0.4) is 0 Å². The molecule has 3 rings (SSSR count). The molecule has 1 amide bonds. The molecule has 1 atom stereocenters. The van der Waals surface area contributed by atoms with Crippen molar-refractivity contribution in [1.29, 1.82) is 0 Å². The van der Waals surface area contributed by atoms with E-state index in [2.05, 4.69) is 27.0 Å². The summed E-state index contributed by atoms with van der Waals surface area (Å²) in [5, 5.41) is 7.44. The highest BCUT2D eigenvalue weighted by Gasteiger charge is 2.24. The van der Waals surface area contributed by atoms with Gasteiger partial charge in [0.1, 0.15) is 0 Å². The lowest BCUT2D eigenvalue weighted by Crippen LogP contribution is -2.36. The molecule has 0 bridgehead atoms. The molecule has 2 heterocycles. The van der Waals surface area contributed by atoms with Crippen molar-refractivity contribution >= 4 is 17.2 Å². The molecule has 1 aromatic carbocycles. The number of hydrogen-bond donors (Lipinski definition) is 1. The number of carbonyl (C=O) groups excluding carboxylic acids is 1. The predicted octanol–water partition coefficient (Wildman–Crippen LogP) is 3.62. The van der Waals surface area contributed by atoms with Gasteiger partial charge >= 0.3 is 0 Å². The highest BCUT2D eigenvalue weighted by atomic mass is 32.1. The van der Waals surface area contributed by atoms with E-state index in [1.165, 1.54) is 18.4 Å². The van der Waals surface area contributed by atoms with E-state index in [9.17, 15) is 4.79 Å². The average Bonchev–Trinajstić information content (AvgIpc) is 3.21. The van der Waals surface area contributed by atoms with Crippen LogP contribution in [0.1, 0.15) is 40.4 Å². The number of amides is 1. The summed E-state index contributed by atoms with van der Waals surface area (Å²) in [5.41, 5.74) is 3.11. The van der Waals surface area contributed by atoms with Gasteiger partial charge in [-0.05, 0) is 66.9 Å². The van der Waals surface area contributed by atoms with Gasteiger partial charge in [0.15, 0.2) is 0 Å². The number of hydrogen-bond acceptors (Lipinski definition) is 3. The number of rotatable bonds is 5. The number of carbonyl (C=O) groups is 1. The summed E-state index contributed by atoms with van der Waals surface area (Å²) in [5.74, 6) is 0.0255. The van der Waals surface area contributed by atoms with Crippen LogP contribution in [0.4, 0.5) is 0 Å². The van der Waals surface area contributed by atoms with E-state index < -0.39 is 0 Å². The molecular formula is C18H22N2OS. The standard InChI is InChI=1S/C18H22N2OS/c1-14-6-2-3-7-16(14)18(21)19-12-17(15-8-11-22-13-15)20-9-4-5-10-20/h2-3,6-8,11,13,17H,4-5,9-10,12H2,1H3,(H,19,21). The molecule has 0 aliphatic carbocycles. The van der Waals surface area contributed by atoms with Crippen molar-refractivity contribution in [3.8, 4) is 0 Å². The molecule has 1 N–H and O–H groups in total. The summed E-state index contributed by atoms with van der Waals surface area (Å²) in [6.07, 6.45) is 2.51. The van der Waals surface area contributed by atoms with Crippen LogP contribution in [0.15, 0.2) is 41.1 Å². The minimum atomic E-state index is 0.0255. The van der Waals surface area contributed by atoms with Gasteiger partial charge in [0.2, 0.25) is 0 Å². The first-order valence-electron chi connectivity index (χ1n) is 7.85. The monoisotopic (exact) mass is 314 g/mol. The Kier molecular flexibility index (Phi) is 4.90. The van der Waals surface area contributed by atoms with Crippen molar-refractivity contribution < 1.29 is 4.79 Å². The maximum atomic E-state index is 12.4. The van der Waals surface area contributed by atoms with Gasteiger partial charge in [-0.25, -0.2) is 0 Å². The van der Waals surface area contributed by atoms with E-state index in [4.69, 9.17) is 0 Å². The minimum absolute atomic E-state index is 0.0255. The maximum Gasteiger partial charge on any atom is 0.251 e. The SMILES string of the molecule is Cc1ccccc1C(=O)NCC(c1ccsc1)N1CCCC1. The van der Waals surface area contributed by atoms with E-state index in [1.54, 1.807) is 11.3 Å². The van der Waals surface area contributed by atoms with Crippen LogP contribution in [-0.4, -0.2) is 30.4 Å². The molecule has 1 aromatic heterocycles. The second-order valence-corrected chi connectivity index (χ2v) is 6.62. The van der Waals surface area contributed by atoms with Gasteiger partial charge in [-0.1, -0.05) is 18.2 Å². The van der Waals surface area contributed by atoms with E-state index in [1.807, 2.05) is 31.2 Å². The van der Waals surface area contributed by atoms with Crippen molar-refractivity contribution in [2.45, 2.75) is 25.8 Å². The summed E-state index contributed by atoms with van der Waals surface area (Å²) < 4.78 is 0. The first-order valence-corrected chi connectivity index (χ1v) is 8.80. The third kappa shape index (κ3) is 3.39. The molecule has 1 unspecified atom stereocenters. The number of aryl methyl sites for hydroxylation is 1. The second kappa shape index (κ2) is 7.07. The molecule has 22 heavy (non-hydrogen) atoms. The summed E-state index contributed by atoms with van der Waals surface area (Å²) in [6, 6.07) is 10.2. The van der Waals surface area contributed by atoms with Crippen molar-refractivity contribution in [2.24, 2.45) is 0 Å². The number of thiophene rings is 1. The smallest absolute Gasteiger partial charge is 0.251 e. The van der Waals surface area contributed by atoms with E-state index in [0.717, 1.165) is 24.2 Å². The van der Waals surface area contributed by atoms with Crippen molar-refractivity contribution in [3.05, 3.63) is 57.8 Å². The zero-order valence-corrected chi connectivity index (χ0v) is 13.7. The molecule has 3 nitrogen and oxygen atoms in total. The fourth-order valence-electron chi connectivity index (χ4n) is 3.09. The number of nitrogens with zero attached hydrogens (tertiary/aromatic N) is 1. The third-order valence-corrected chi connectivity index (χ3v) is 5.06. The Balaban J connectivity index is 1.69. The molecule has 1 aliphatic heterocycles. The first kappa shape index (κ1) is 15.3. The Morgan fingerprint density at radius 1 is 1.27 bits per heavy atom. The molecule has 4 heteroatoms. The fourth-order valence-corrected chi connectivity index (χ4v) is 3.79. The summed E-state index contributed by atoms with van der Waals surface area (Å²) in [4.78, 5) is 14.9. The number of benzene rings is 1. The van der Waals surface area contributed by atoms with Crippen LogP contribution in [0, 0.1) is 6.92 Å². The van der Waals surface area contributed by atoms with Crippen molar-refractivity contribution in [2.75, 3.05) is 19.6 Å². The summed E-state index contributed by atoms with van der Waals surface area (Å²) in [7, 11) is 0. The minimum Gasteiger partial charge on any atom is -0.350 e. The molecule has 1 aliphatic rings. The van der Waals surface area contributed by atoms with Crippen LogP contribution in [0.5, 0.6) is 0 Å². The predicted molar refractivity (Wildman–Crippen MR) is 91.4 cm³/mol.